The molecule has 0 aliphatic carbocycles. The molecule has 1 saturated heterocycles. The van der Waals surface area contributed by atoms with Crippen LogP contribution in [0.5, 0.6) is 0 Å². The standard InChI is InChI=1S/C7H12F3N3O2/c8-7(9,10)6(14)1-2-13(4-6)3-5(11)12-15/h14-15H,1-4H2,(H2,11,12). The largest absolute Gasteiger partial charge is 0.418 e. The van der Waals surface area contributed by atoms with E-state index in [2.05, 4.69) is 5.16 Å². The number of rotatable bonds is 2. The first-order valence-electron chi connectivity index (χ1n) is 4.26. The predicted octanol–water partition coefficient (Wildman–Crippen LogP) is -0.268. The number of aliphatic hydroxyl groups is 1. The molecule has 1 aliphatic heterocycles. The summed E-state index contributed by atoms with van der Waals surface area (Å²) in [6.07, 6.45) is -5.04. The molecule has 0 radical (unpaired) electrons. The lowest BCUT2D eigenvalue weighted by Crippen LogP contribution is -2.48. The number of nitrogens with zero attached hydrogens (tertiary/aromatic N) is 2. The van der Waals surface area contributed by atoms with Crippen molar-refractivity contribution in [3.63, 3.8) is 0 Å². The molecule has 0 amide bonds. The van der Waals surface area contributed by atoms with E-state index in [0.717, 1.165) is 0 Å². The van der Waals surface area contributed by atoms with Crippen LogP contribution >= 0.6 is 0 Å². The first kappa shape index (κ1) is 12.1. The van der Waals surface area contributed by atoms with Crippen LogP contribution in [-0.2, 0) is 0 Å². The molecule has 0 spiro atoms. The zero-order valence-electron chi connectivity index (χ0n) is 7.83. The summed E-state index contributed by atoms with van der Waals surface area (Å²) in [4.78, 5) is 1.28. The van der Waals surface area contributed by atoms with Gasteiger partial charge in [0.25, 0.3) is 0 Å². The Balaban J connectivity index is 2.59. The Morgan fingerprint density at radius 2 is 2.13 bits per heavy atom. The van der Waals surface area contributed by atoms with E-state index in [1.165, 1.54) is 4.90 Å². The fourth-order valence-electron chi connectivity index (χ4n) is 1.50. The molecule has 1 unspecified atom stereocenters. The topological polar surface area (TPSA) is 82.1 Å². The Labute approximate surface area is 84.0 Å². The normalized spacial score (nSPS) is 29.7. The Morgan fingerprint density at radius 3 is 2.53 bits per heavy atom. The van der Waals surface area contributed by atoms with E-state index in [-0.39, 0.29) is 18.9 Å². The monoisotopic (exact) mass is 227 g/mol. The van der Waals surface area contributed by atoms with Crippen LogP contribution in [0.25, 0.3) is 0 Å². The molecule has 5 nitrogen and oxygen atoms in total. The summed E-state index contributed by atoms with van der Waals surface area (Å²) >= 11 is 0. The molecule has 0 aromatic rings. The van der Waals surface area contributed by atoms with Gasteiger partial charge in [-0.25, -0.2) is 0 Å². The zero-order chi connectivity index (χ0) is 11.7. The summed E-state index contributed by atoms with van der Waals surface area (Å²) in [7, 11) is 0. The number of β-amino-alcohol motifs (C(OH)–C–C–N with tert-alkyl or cyclic N) is 1. The number of halogens is 3. The van der Waals surface area contributed by atoms with Gasteiger partial charge in [-0.3, -0.25) is 4.90 Å². The molecule has 1 fully saturated rings. The average molecular weight is 227 g/mol. The van der Waals surface area contributed by atoms with Crippen LogP contribution in [0.15, 0.2) is 5.16 Å². The molecule has 8 heteroatoms. The minimum atomic E-state index is -4.65. The van der Waals surface area contributed by atoms with Gasteiger partial charge in [0.05, 0.1) is 6.54 Å². The Bertz CT molecular complexity index is 269. The summed E-state index contributed by atoms with van der Waals surface area (Å²) in [5, 5.41) is 20.2. The third kappa shape index (κ3) is 2.51. The van der Waals surface area contributed by atoms with Gasteiger partial charge in [0, 0.05) is 13.1 Å². The average Bonchev–Trinajstić information content (AvgIpc) is 2.47. The SMILES string of the molecule is N/C(CN1CCC(O)(C(F)(F)F)C1)=N\O. The number of amidine groups is 1. The molecular weight excluding hydrogens is 215 g/mol. The highest BCUT2D eigenvalue weighted by Gasteiger charge is 2.56. The van der Waals surface area contributed by atoms with E-state index in [0.29, 0.717) is 0 Å². The maximum Gasteiger partial charge on any atom is 0.418 e. The molecule has 0 aromatic carbocycles. The predicted molar refractivity (Wildman–Crippen MR) is 45.5 cm³/mol. The van der Waals surface area contributed by atoms with Gasteiger partial charge in [0.2, 0.25) is 0 Å². The first-order chi connectivity index (χ1) is 6.78. The van der Waals surface area contributed by atoms with Crippen molar-refractivity contribution in [2.24, 2.45) is 10.9 Å². The lowest BCUT2D eigenvalue weighted by Gasteiger charge is -2.25. The van der Waals surface area contributed by atoms with Crippen molar-refractivity contribution in [2.45, 2.75) is 18.2 Å². The highest BCUT2D eigenvalue weighted by atomic mass is 19.4. The summed E-state index contributed by atoms with van der Waals surface area (Å²) in [6, 6.07) is 0. The van der Waals surface area contributed by atoms with Gasteiger partial charge in [-0.15, -0.1) is 0 Å². The third-order valence-corrected chi connectivity index (χ3v) is 2.37. The maximum absolute atomic E-state index is 12.4. The lowest BCUT2D eigenvalue weighted by atomic mass is 10.0. The van der Waals surface area contributed by atoms with Crippen molar-refractivity contribution in [2.75, 3.05) is 19.6 Å². The summed E-state index contributed by atoms with van der Waals surface area (Å²) in [6.45, 7) is -0.576. The van der Waals surface area contributed by atoms with Gasteiger partial charge < -0.3 is 16.0 Å². The van der Waals surface area contributed by atoms with Crippen molar-refractivity contribution in [3.8, 4) is 0 Å². The molecule has 1 heterocycles. The lowest BCUT2D eigenvalue weighted by molar-refractivity contribution is -0.253. The maximum atomic E-state index is 12.4. The zero-order valence-corrected chi connectivity index (χ0v) is 7.83. The highest BCUT2D eigenvalue weighted by molar-refractivity contribution is 5.81. The minimum absolute atomic E-state index is 0.0617. The van der Waals surface area contributed by atoms with Gasteiger partial charge >= 0.3 is 6.18 Å². The van der Waals surface area contributed by atoms with Gasteiger partial charge in [-0.2, -0.15) is 13.2 Å². The Kier molecular flexibility index (Phi) is 3.10. The first-order valence-corrected chi connectivity index (χ1v) is 4.26. The molecule has 1 atom stereocenters. The summed E-state index contributed by atoms with van der Waals surface area (Å²) < 4.78 is 37.1. The number of oxime groups is 1. The van der Waals surface area contributed by atoms with Gasteiger partial charge in [0.15, 0.2) is 11.4 Å². The van der Waals surface area contributed by atoms with E-state index >= 15 is 0 Å². The van der Waals surface area contributed by atoms with E-state index in [4.69, 9.17) is 10.9 Å². The van der Waals surface area contributed by atoms with Crippen molar-refractivity contribution in [1.29, 1.82) is 0 Å². The molecule has 1 aliphatic rings. The van der Waals surface area contributed by atoms with E-state index in [1.54, 1.807) is 0 Å². The molecule has 0 saturated carbocycles. The van der Waals surface area contributed by atoms with Gasteiger partial charge in [-0.05, 0) is 6.42 Å². The minimum Gasteiger partial charge on any atom is -0.409 e. The van der Waals surface area contributed by atoms with Crippen LogP contribution in [0.4, 0.5) is 13.2 Å². The molecule has 1 rings (SSSR count). The van der Waals surface area contributed by atoms with Crippen LogP contribution in [0.1, 0.15) is 6.42 Å². The van der Waals surface area contributed by atoms with Crippen LogP contribution < -0.4 is 5.73 Å². The Hall–Kier alpha value is -1.02. The fourth-order valence-corrected chi connectivity index (χ4v) is 1.50. The van der Waals surface area contributed by atoms with E-state index in [1.807, 2.05) is 0 Å². The number of hydrogen-bond donors (Lipinski definition) is 3. The second kappa shape index (κ2) is 3.86. The van der Waals surface area contributed by atoms with Crippen LogP contribution in [-0.4, -0.2) is 52.5 Å². The smallest absolute Gasteiger partial charge is 0.409 e. The van der Waals surface area contributed by atoms with E-state index in [9.17, 15) is 18.3 Å². The second-order valence-electron chi connectivity index (χ2n) is 3.58. The van der Waals surface area contributed by atoms with Crippen LogP contribution in [0, 0.1) is 0 Å². The summed E-state index contributed by atoms with van der Waals surface area (Å²) in [5.74, 6) is -0.179. The molecule has 15 heavy (non-hydrogen) atoms. The van der Waals surface area contributed by atoms with Crippen molar-refractivity contribution >= 4 is 5.84 Å². The molecule has 0 aromatic heterocycles. The number of hydrogen-bond acceptors (Lipinski definition) is 4. The molecular formula is C7H12F3N3O2. The molecule has 0 bridgehead atoms. The van der Waals surface area contributed by atoms with E-state index < -0.39 is 24.7 Å². The van der Waals surface area contributed by atoms with Crippen LogP contribution in [0.2, 0.25) is 0 Å². The van der Waals surface area contributed by atoms with Crippen LogP contribution in [0.3, 0.4) is 0 Å². The highest BCUT2D eigenvalue weighted by Crippen LogP contribution is 2.37. The van der Waals surface area contributed by atoms with Crippen molar-refractivity contribution in [1.82, 2.24) is 4.90 Å². The quantitative estimate of drug-likeness (QED) is 0.262. The Morgan fingerprint density at radius 1 is 1.53 bits per heavy atom. The molecule has 4 N–H and O–H groups in total. The number of nitrogens with two attached hydrogens (primary N) is 1. The fraction of sp³-hybridized carbons (Fsp3) is 0.857. The number of alkyl halides is 3. The third-order valence-electron chi connectivity index (χ3n) is 2.37. The number of likely N-dealkylation sites (tertiary alicyclic amines) is 1. The van der Waals surface area contributed by atoms with Crippen molar-refractivity contribution < 1.29 is 23.5 Å². The van der Waals surface area contributed by atoms with Gasteiger partial charge in [0.1, 0.15) is 0 Å². The molecule has 88 valence electrons. The van der Waals surface area contributed by atoms with Gasteiger partial charge in [-0.1, -0.05) is 5.16 Å². The summed E-state index contributed by atoms with van der Waals surface area (Å²) in [5.41, 5.74) is 2.47. The van der Waals surface area contributed by atoms with Crippen molar-refractivity contribution in [3.05, 3.63) is 0 Å². The second-order valence-corrected chi connectivity index (χ2v) is 3.58.